The van der Waals surface area contributed by atoms with Gasteiger partial charge in [-0.1, -0.05) is 42.0 Å². The molecule has 2 fully saturated rings. The maximum Gasteiger partial charge on any atom is 0.239 e. The van der Waals surface area contributed by atoms with Gasteiger partial charge in [-0.25, -0.2) is 0 Å². The van der Waals surface area contributed by atoms with E-state index in [0.717, 1.165) is 34.4 Å². The number of aliphatic hydroxyl groups excluding tert-OH is 1. The van der Waals surface area contributed by atoms with Gasteiger partial charge in [0.05, 0.1) is 19.1 Å². The monoisotopic (exact) mass is 438 g/mol. The quantitative estimate of drug-likeness (QED) is 0.686. The highest BCUT2D eigenvalue weighted by Crippen LogP contribution is 2.53. The fraction of sp³-hybridized carbons (Fsp3) is 0.440. The summed E-state index contributed by atoms with van der Waals surface area (Å²) in [4.78, 5) is 29.9. The van der Waals surface area contributed by atoms with Crippen LogP contribution in [0, 0.1) is 6.92 Å². The molecule has 1 aliphatic carbocycles. The van der Waals surface area contributed by atoms with Crippen LogP contribution in [-0.2, 0) is 16.2 Å². The summed E-state index contributed by atoms with van der Waals surface area (Å²) >= 11 is 1.50. The van der Waals surface area contributed by atoms with Crippen molar-refractivity contribution in [2.75, 3.05) is 0 Å². The van der Waals surface area contributed by atoms with Gasteiger partial charge in [-0.3, -0.25) is 9.59 Å². The van der Waals surface area contributed by atoms with Crippen molar-refractivity contribution >= 4 is 23.6 Å². The van der Waals surface area contributed by atoms with Crippen LogP contribution in [0.15, 0.2) is 53.4 Å². The maximum atomic E-state index is 13.8. The van der Waals surface area contributed by atoms with Crippen LogP contribution >= 0.6 is 11.8 Å². The number of carbonyl (C=O) groups is 2. The topological polar surface area (TPSA) is 69.6 Å². The Morgan fingerprint density at radius 3 is 2.35 bits per heavy atom. The van der Waals surface area contributed by atoms with Gasteiger partial charge >= 0.3 is 0 Å². The Labute approximate surface area is 188 Å². The summed E-state index contributed by atoms with van der Waals surface area (Å²) in [5, 5.41) is 12.6. The number of carbonyl (C=O) groups excluding carboxylic acids is 2. The Morgan fingerprint density at radius 1 is 1.16 bits per heavy atom. The third-order valence-electron chi connectivity index (χ3n) is 6.07. The first-order valence-corrected chi connectivity index (χ1v) is 11.7. The zero-order valence-corrected chi connectivity index (χ0v) is 19.1. The van der Waals surface area contributed by atoms with Gasteiger partial charge < -0.3 is 15.3 Å². The van der Waals surface area contributed by atoms with Crippen molar-refractivity contribution in [1.82, 2.24) is 10.2 Å². The first kappa shape index (κ1) is 21.9. The molecule has 1 aliphatic heterocycles. The third kappa shape index (κ3) is 4.37. The number of likely N-dealkylation sites (tertiary alicyclic amines) is 1. The van der Waals surface area contributed by atoms with E-state index >= 15 is 0 Å². The van der Waals surface area contributed by atoms with E-state index in [4.69, 9.17) is 0 Å². The van der Waals surface area contributed by atoms with E-state index in [-0.39, 0.29) is 36.9 Å². The molecule has 2 aromatic carbocycles. The smallest absolute Gasteiger partial charge is 0.239 e. The molecule has 1 heterocycles. The SMILES string of the molecule is Cc1ccc(S[C@]2(C(=O)NC3CC3)CC(=O)N(C(C)C)[C@@H]2c2ccc(CO)cc2)cc1. The molecule has 0 radical (unpaired) electrons. The molecule has 2 aromatic rings. The highest BCUT2D eigenvalue weighted by atomic mass is 32.2. The Kier molecular flexibility index (Phi) is 6.13. The van der Waals surface area contributed by atoms with Gasteiger partial charge in [0.15, 0.2) is 0 Å². The van der Waals surface area contributed by atoms with E-state index in [9.17, 15) is 14.7 Å². The van der Waals surface area contributed by atoms with Crippen LogP contribution in [0.5, 0.6) is 0 Å². The second kappa shape index (κ2) is 8.67. The van der Waals surface area contributed by atoms with Gasteiger partial charge in [0.2, 0.25) is 11.8 Å². The molecule has 1 saturated heterocycles. The van der Waals surface area contributed by atoms with Gasteiger partial charge in [-0.15, -0.1) is 11.8 Å². The lowest BCUT2D eigenvalue weighted by Crippen LogP contribution is -2.49. The van der Waals surface area contributed by atoms with E-state index in [1.807, 2.05) is 74.2 Å². The third-order valence-corrected chi connectivity index (χ3v) is 7.50. The molecule has 164 valence electrons. The lowest BCUT2D eigenvalue weighted by atomic mass is 9.90. The minimum atomic E-state index is -0.958. The molecular formula is C25H30N2O3S. The fourth-order valence-corrected chi connectivity index (χ4v) is 5.70. The van der Waals surface area contributed by atoms with Crippen molar-refractivity contribution in [3.05, 3.63) is 65.2 Å². The second-order valence-electron chi connectivity index (χ2n) is 8.93. The largest absolute Gasteiger partial charge is 0.392 e. The Bertz CT molecular complexity index is 954. The number of nitrogens with one attached hydrogen (secondary N) is 1. The standard InChI is InChI=1S/C25H30N2O3S/c1-16(2)27-22(29)14-25(24(30)26-20-10-11-20,31-21-12-4-17(3)5-13-21)23(27)19-8-6-18(15-28)7-9-19/h4-9,12-13,16,20,23,28H,10-11,14-15H2,1-3H3,(H,26,30)/t23-,25-/m1/s1. The molecule has 0 unspecified atom stereocenters. The van der Waals surface area contributed by atoms with E-state index in [2.05, 4.69) is 5.32 Å². The van der Waals surface area contributed by atoms with Crippen molar-refractivity contribution in [3.8, 4) is 0 Å². The molecule has 5 nitrogen and oxygen atoms in total. The minimum absolute atomic E-state index is 0.00297. The lowest BCUT2D eigenvalue weighted by molar-refractivity contribution is -0.130. The van der Waals surface area contributed by atoms with Crippen molar-refractivity contribution in [1.29, 1.82) is 0 Å². The molecule has 6 heteroatoms. The number of hydrogen-bond acceptors (Lipinski definition) is 4. The van der Waals surface area contributed by atoms with Crippen molar-refractivity contribution in [3.63, 3.8) is 0 Å². The van der Waals surface area contributed by atoms with E-state index in [1.54, 1.807) is 0 Å². The molecular weight excluding hydrogens is 408 g/mol. The van der Waals surface area contributed by atoms with Crippen LogP contribution in [0.1, 0.15) is 55.8 Å². The minimum Gasteiger partial charge on any atom is -0.392 e. The summed E-state index contributed by atoms with van der Waals surface area (Å²) in [7, 11) is 0. The van der Waals surface area contributed by atoms with Gasteiger partial charge in [0.1, 0.15) is 4.75 Å². The normalized spacial score (nSPS) is 23.5. The van der Waals surface area contributed by atoms with Crippen LogP contribution in [-0.4, -0.2) is 38.7 Å². The van der Waals surface area contributed by atoms with E-state index in [1.165, 1.54) is 11.8 Å². The zero-order valence-electron chi connectivity index (χ0n) is 18.3. The number of rotatable bonds is 7. The number of amides is 2. The summed E-state index contributed by atoms with van der Waals surface area (Å²) in [5.41, 5.74) is 2.88. The Hall–Kier alpha value is -2.31. The van der Waals surface area contributed by atoms with Crippen LogP contribution < -0.4 is 5.32 Å². The number of hydrogen-bond donors (Lipinski definition) is 2. The van der Waals surface area contributed by atoms with Crippen LogP contribution in [0.4, 0.5) is 0 Å². The van der Waals surface area contributed by atoms with Gasteiger partial charge in [-0.05, 0) is 56.9 Å². The highest BCUT2D eigenvalue weighted by molar-refractivity contribution is 8.01. The molecule has 2 aliphatic rings. The molecule has 2 amide bonds. The van der Waals surface area contributed by atoms with Gasteiger partial charge in [0.25, 0.3) is 0 Å². The van der Waals surface area contributed by atoms with Crippen molar-refractivity contribution in [2.45, 2.75) is 74.4 Å². The predicted molar refractivity (Wildman–Crippen MR) is 123 cm³/mol. The van der Waals surface area contributed by atoms with Gasteiger partial charge in [-0.2, -0.15) is 0 Å². The summed E-state index contributed by atoms with van der Waals surface area (Å²) < 4.78 is -0.958. The van der Waals surface area contributed by atoms with Crippen molar-refractivity contribution in [2.24, 2.45) is 0 Å². The predicted octanol–water partition coefficient (Wildman–Crippen LogP) is 3.98. The molecule has 1 saturated carbocycles. The molecule has 0 bridgehead atoms. The summed E-state index contributed by atoms with van der Waals surface area (Å²) in [6, 6.07) is 15.5. The molecule has 31 heavy (non-hydrogen) atoms. The number of thioether (sulfide) groups is 1. The second-order valence-corrected chi connectivity index (χ2v) is 10.3. The lowest BCUT2D eigenvalue weighted by Gasteiger charge is -2.38. The summed E-state index contributed by atoms with van der Waals surface area (Å²) in [6.07, 6.45) is 2.15. The van der Waals surface area contributed by atoms with Gasteiger partial charge in [0, 0.05) is 17.0 Å². The van der Waals surface area contributed by atoms with Crippen LogP contribution in [0.3, 0.4) is 0 Å². The molecule has 4 rings (SSSR count). The Morgan fingerprint density at radius 2 is 1.81 bits per heavy atom. The number of aryl methyl sites for hydroxylation is 1. The Balaban J connectivity index is 1.82. The average Bonchev–Trinajstić information content (AvgIpc) is 3.51. The van der Waals surface area contributed by atoms with Crippen molar-refractivity contribution < 1.29 is 14.7 Å². The van der Waals surface area contributed by atoms with Crippen LogP contribution in [0.25, 0.3) is 0 Å². The number of aliphatic hydroxyl groups is 1. The fourth-order valence-electron chi connectivity index (χ4n) is 4.30. The summed E-state index contributed by atoms with van der Waals surface area (Å²) in [5.74, 6) is -0.0647. The molecule has 0 aromatic heterocycles. The zero-order chi connectivity index (χ0) is 22.2. The van der Waals surface area contributed by atoms with E-state index in [0.29, 0.717) is 0 Å². The maximum absolute atomic E-state index is 13.8. The molecule has 2 atom stereocenters. The first-order chi connectivity index (χ1) is 14.8. The molecule has 2 N–H and O–H groups in total. The summed E-state index contributed by atoms with van der Waals surface area (Å²) in [6.45, 7) is 6.00. The number of benzene rings is 2. The van der Waals surface area contributed by atoms with Crippen LogP contribution in [0.2, 0.25) is 0 Å². The number of nitrogens with zero attached hydrogens (tertiary/aromatic N) is 1. The molecule has 0 spiro atoms. The average molecular weight is 439 g/mol. The van der Waals surface area contributed by atoms with E-state index < -0.39 is 10.8 Å². The first-order valence-electron chi connectivity index (χ1n) is 10.9. The highest BCUT2D eigenvalue weighted by Gasteiger charge is 2.59.